The van der Waals surface area contributed by atoms with Crippen molar-refractivity contribution in [3.63, 3.8) is 0 Å². The van der Waals surface area contributed by atoms with Crippen molar-refractivity contribution in [1.29, 1.82) is 0 Å². The van der Waals surface area contributed by atoms with Crippen LogP contribution in [-0.4, -0.2) is 38.0 Å². The molecule has 33 heavy (non-hydrogen) atoms. The highest BCUT2D eigenvalue weighted by Crippen LogP contribution is 2.23. The van der Waals surface area contributed by atoms with E-state index in [2.05, 4.69) is 15.4 Å². The van der Waals surface area contributed by atoms with Gasteiger partial charge in [0.25, 0.3) is 11.8 Å². The summed E-state index contributed by atoms with van der Waals surface area (Å²) in [6.45, 7) is -0.578. The molecule has 0 saturated heterocycles. The first-order valence-corrected chi connectivity index (χ1v) is 9.27. The maximum Gasteiger partial charge on any atom is 0.573 e. The Morgan fingerprint density at radius 1 is 0.909 bits per heavy atom. The van der Waals surface area contributed by atoms with E-state index < -0.39 is 43.1 Å². The van der Waals surface area contributed by atoms with E-state index in [9.17, 15) is 35.9 Å². The molecular formula is C21H18F6N2O4. The van der Waals surface area contributed by atoms with Gasteiger partial charge in [0.15, 0.2) is 0 Å². The van der Waals surface area contributed by atoms with Crippen LogP contribution in [-0.2, 0) is 4.79 Å². The quantitative estimate of drug-likeness (QED) is 0.437. The van der Waals surface area contributed by atoms with E-state index in [0.717, 1.165) is 12.1 Å². The van der Waals surface area contributed by atoms with Crippen LogP contribution >= 0.6 is 0 Å². The summed E-state index contributed by atoms with van der Waals surface area (Å²) in [5, 5.41) is 4.70. The van der Waals surface area contributed by atoms with E-state index >= 15 is 0 Å². The molecule has 0 aliphatic carbocycles. The number of likely N-dealkylation sites (N-methyl/N-ethyl adjacent to an activating group) is 1. The van der Waals surface area contributed by atoms with E-state index in [0.29, 0.717) is 5.56 Å². The van der Waals surface area contributed by atoms with Gasteiger partial charge in [-0.15, -0.1) is 13.2 Å². The number of carbonyl (C=O) groups excluding carboxylic acids is 2. The lowest BCUT2D eigenvalue weighted by Crippen LogP contribution is -2.33. The zero-order chi connectivity index (χ0) is 24.6. The molecule has 2 aromatic rings. The fourth-order valence-corrected chi connectivity index (χ4v) is 2.41. The van der Waals surface area contributed by atoms with Crippen molar-refractivity contribution in [2.24, 2.45) is 0 Å². The van der Waals surface area contributed by atoms with Crippen molar-refractivity contribution < 1.29 is 45.4 Å². The molecule has 178 valence electrons. The Labute approximate surface area is 184 Å². The standard InChI is InChI=1S/C21H18F6N2O4/c1-28-19(31)17(12-13-2-6-16(7-3-13)33-21(25,26)27)29-18(30)14-4-8-15(9-5-14)32-11-10-20(22,23)24/h2-9,12H,10-11H2,1H3,(H,28,31)(H,29,30)/b17-12-. The first-order valence-electron chi connectivity index (χ1n) is 9.27. The Morgan fingerprint density at radius 2 is 1.48 bits per heavy atom. The summed E-state index contributed by atoms with van der Waals surface area (Å²) in [5.41, 5.74) is 0.191. The Hall–Kier alpha value is -3.70. The summed E-state index contributed by atoms with van der Waals surface area (Å²) in [6.07, 6.45) is -9.09. The zero-order valence-electron chi connectivity index (χ0n) is 17.0. The van der Waals surface area contributed by atoms with Crippen LogP contribution in [0.5, 0.6) is 11.5 Å². The highest BCUT2D eigenvalue weighted by Gasteiger charge is 2.31. The largest absolute Gasteiger partial charge is 0.573 e. The molecule has 0 unspecified atom stereocenters. The smallest absolute Gasteiger partial charge is 0.493 e. The highest BCUT2D eigenvalue weighted by atomic mass is 19.4. The van der Waals surface area contributed by atoms with Gasteiger partial charge < -0.3 is 20.1 Å². The number of halogens is 6. The average Bonchev–Trinajstić information content (AvgIpc) is 2.72. The summed E-state index contributed by atoms with van der Waals surface area (Å²) in [4.78, 5) is 24.6. The number of alkyl halides is 6. The highest BCUT2D eigenvalue weighted by molar-refractivity contribution is 6.05. The molecule has 0 heterocycles. The van der Waals surface area contributed by atoms with E-state index in [1.54, 1.807) is 0 Å². The van der Waals surface area contributed by atoms with Gasteiger partial charge in [0.2, 0.25) is 0 Å². The van der Waals surface area contributed by atoms with Crippen molar-refractivity contribution in [3.05, 3.63) is 65.4 Å². The van der Waals surface area contributed by atoms with Crippen LogP contribution in [0.3, 0.4) is 0 Å². The lowest BCUT2D eigenvalue weighted by molar-refractivity contribution is -0.274. The molecule has 0 aromatic heterocycles. The molecule has 12 heteroatoms. The maximum absolute atomic E-state index is 12.5. The third kappa shape index (κ3) is 9.13. The molecule has 2 aromatic carbocycles. The van der Waals surface area contributed by atoms with Gasteiger partial charge in [-0.25, -0.2) is 0 Å². The number of rotatable bonds is 8. The van der Waals surface area contributed by atoms with Gasteiger partial charge in [0, 0.05) is 12.6 Å². The van der Waals surface area contributed by atoms with Gasteiger partial charge in [0.05, 0.1) is 13.0 Å². The lowest BCUT2D eigenvalue weighted by Gasteiger charge is -2.11. The van der Waals surface area contributed by atoms with Gasteiger partial charge in [-0.2, -0.15) is 13.2 Å². The van der Waals surface area contributed by atoms with E-state index in [1.165, 1.54) is 49.5 Å². The molecule has 2 rings (SSSR count). The van der Waals surface area contributed by atoms with Gasteiger partial charge >= 0.3 is 12.5 Å². The second-order valence-electron chi connectivity index (χ2n) is 6.45. The van der Waals surface area contributed by atoms with Crippen LogP contribution in [0.2, 0.25) is 0 Å². The van der Waals surface area contributed by atoms with E-state index in [-0.39, 0.29) is 17.0 Å². The third-order valence-electron chi connectivity index (χ3n) is 3.92. The molecule has 0 aliphatic rings. The lowest BCUT2D eigenvalue weighted by atomic mass is 10.1. The summed E-state index contributed by atoms with van der Waals surface area (Å²) < 4.78 is 82.0. The molecule has 2 amide bonds. The molecular weight excluding hydrogens is 458 g/mol. The van der Waals surface area contributed by atoms with Crippen LogP contribution in [0, 0.1) is 0 Å². The van der Waals surface area contributed by atoms with Crippen LogP contribution < -0.4 is 20.1 Å². The van der Waals surface area contributed by atoms with Crippen molar-refractivity contribution in [1.82, 2.24) is 10.6 Å². The second-order valence-corrected chi connectivity index (χ2v) is 6.45. The molecule has 0 aliphatic heterocycles. The fraction of sp³-hybridized carbons (Fsp3) is 0.238. The second kappa shape index (κ2) is 10.7. The first-order chi connectivity index (χ1) is 15.4. The minimum absolute atomic E-state index is 0.0851. The van der Waals surface area contributed by atoms with Gasteiger partial charge in [0.1, 0.15) is 17.2 Å². The van der Waals surface area contributed by atoms with Crippen molar-refractivity contribution in [3.8, 4) is 11.5 Å². The SMILES string of the molecule is CNC(=O)/C(=C/c1ccc(OC(F)(F)F)cc1)NC(=O)c1ccc(OCCC(F)(F)F)cc1. The topological polar surface area (TPSA) is 76.7 Å². The molecule has 0 saturated carbocycles. The predicted octanol–water partition coefficient (Wildman–Crippen LogP) is 4.43. The number of hydrogen-bond acceptors (Lipinski definition) is 4. The van der Waals surface area contributed by atoms with E-state index in [1.807, 2.05) is 0 Å². The third-order valence-corrected chi connectivity index (χ3v) is 3.92. The number of ether oxygens (including phenoxy) is 2. The minimum Gasteiger partial charge on any atom is -0.493 e. The molecule has 2 N–H and O–H groups in total. The molecule has 0 radical (unpaired) electrons. The normalized spacial score (nSPS) is 12.2. The molecule has 0 atom stereocenters. The number of amides is 2. The number of benzene rings is 2. The van der Waals surface area contributed by atoms with E-state index in [4.69, 9.17) is 4.74 Å². The maximum atomic E-state index is 12.5. The average molecular weight is 476 g/mol. The van der Waals surface area contributed by atoms with Crippen LogP contribution in [0.25, 0.3) is 6.08 Å². The zero-order valence-corrected chi connectivity index (χ0v) is 17.0. The molecule has 0 spiro atoms. The fourth-order valence-electron chi connectivity index (χ4n) is 2.41. The number of carbonyl (C=O) groups is 2. The van der Waals surface area contributed by atoms with Crippen LogP contribution in [0.15, 0.2) is 54.2 Å². The minimum atomic E-state index is -4.85. The predicted molar refractivity (Wildman–Crippen MR) is 105 cm³/mol. The summed E-state index contributed by atoms with van der Waals surface area (Å²) >= 11 is 0. The van der Waals surface area contributed by atoms with Gasteiger partial charge in [-0.3, -0.25) is 9.59 Å². The summed E-state index contributed by atoms with van der Waals surface area (Å²) in [6, 6.07) is 9.78. The molecule has 0 fully saturated rings. The van der Waals surface area contributed by atoms with Gasteiger partial charge in [-0.05, 0) is 48.0 Å². The first kappa shape index (κ1) is 25.6. The number of nitrogens with one attached hydrogen (secondary N) is 2. The van der Waals surface area contributed by atoms with Crippen molar-refractivity contribution in [2.45, 2.75) is 19.0 Å². The van der Waals surface area contributed by atoms with Crippen LogP contribution in [0.4, 0.5) is 26.3 Å². The van der Waals surface area contributed by atoms with Crippen molar-refractivity contribution in [2.75, 3.05) is 13.7 Å². The Morgan fingerprint density at radius 3 is 2.00 bits per heavy atom. The van der Waals surface area contributed by atoms with Crippen molar-refractivity contribution >= 4 is 17.9 Å². The monoisotopic (exact) mass is 476 g/mol. The van der Waals surface area contributed by atoms with Crippen LogP contribution in [0.1, 0.15) is 22.3 Å². The Balaban J connectivity index is 2.09. The summed E-state index contributed by atoms with van der Waals surface area (Å²) in [7, 11) is 1.32. The Kier molecular flexibility index (Phi) is 8.32. The summed E-state index contributed by atoms with van der Waals surface area (Å²) in [5.74, 6) is -1.71. The molecule has 6 nitrogen and oxygen atoms in total. The Bertz CT molecular complexity index is 984. The number of hydrogen-bond donors (Lipinski definition) is 2. The van der Waals surface area contributed by atoms with Gasteiger partial charge in [-0.1, -0.05) is 12.1 Å². The molecule has 0 bridgehead atoms.